The molecule has 1 aromatic carbocycles. The van der Waals surface area contributed by atoms with Crippen LogP contribution in [-0.2, 0) is 9.53 Å². The summed E-state index contributed by atoms with van der Waals surface area (Å²) in [5.41, 5.74) is 0.700. The first-order chi connectivity index (χ1) is 13.2. The number of methoxy groups -OCH3 is 1. The SMILES string of the molecule is COc1ncc(Br)cc1NC(c1ccccc1)C(C=O)NC(=O)OC(C)(C)C. The first kappa shape index (κ1) is 21.7. The number of aromatic nitrogens is 1. The van der Waals surface area contributed by atoms with E-state index >= 15 is 0 Å². The number of rotatable bonds is 7. The van der Waals surface area contributed by atoms with Crippen molar-refractivity contribution in [2.45, 2.75) is 38.5 Å². The number of hydrogen-bond donors (Lipinski definition) is 2. The lowest BCUT2D eigenvalue weighted by atomic mass is 9.99. The molecule has 0 saturated heterocycles. The van der Waals surface area contributed by atoms with Crippen LogP contribution in [0, 0.1) is 0 Å². The maximum absolute atomic E-state index is 12.2. The van der Waals surface area contributed by atoms with Crippen molar-refractivity contribution in [1.82, 2.24) is 10.3 Å². The van der Waals surface area contributed by atoms with Gasteiger partial charge in [0.05, 0.1) is 18.8 Å². The van der Waals surface area contributed by atoms with Crippen LogP contribution < -0.4 is 15.4 Å². The minimum absolute atomic E-state index is 0.367. The molecular formula is C20H24BrN3O4. The summed E-state index contributed by atoms with van der Waals surface area (Å²) in [7, 11) is 1.51. The molecule has 0 spiro atoms. The summed E-state index contributed by atoms with van der Waals surface area (Å²) in [5.74, 6) is 0.367. The summed E-state index contributed by atoms with van der Waals surface area (Å²) < 4.78 is 11.3. The van der Waals surface area contributed by atoms with Crippen LogP contribution >= 0.6 is 15.9 Å². The predicted molar refractivity (Wildman–Crippen MR) is 111 cm³/mol. The van der Waals surface area contributed by atoms with Crippen LogP contribution in [0.25, 0.3) is 0 Å². The fraction of sp³-hybridized carbons (Fsp3) is 0.350. The van der Waals surface area contributed by atoms with Gasteiger partial charge in [-0.05, 0) is 48.3 Å². The number of nitrogens with zero attached hydrogens (tertiary/aromatic N) is 1. The molecule has 2 atom stereocenters. The number of anilines is 1. The third kappa shape index (κ3) is 6.23. The smallest absolute Gasteiger partial charge is 0.408 e. The monoisotopic (exact) mass is 449 g/mol. The van der Waals surface area contributed by atoms with Crippen molar-refractivity contribution in [2.75, 3.05) is 12.4 Å². The molecule has 2 aromatic rings. The van der Waals surface area contributed by atoms with E-state index in [0.717, 1.165) is 10.0 Å². The van der Waals surface area contributed by atoms with Crippen molar-refractivity contribution in [3.8, 4) is 5.88 Å². The van der Waals surface area contributed by atoms with E-state index in [4.69, 9.17) is 9.47 Å². The van der Waals surface area contributed by atoms with Crippen LogP contribution in [0.5, 0.6) is 5.88 Å². The molecule has 0 aliphatic rings. The standard InChI is InChI=1S/C20H24BrN3O4/c1-20(2,3)28-19(26)24-16(12-25)17(13-8-6-5-7-9-13)23-15-10-14(21)11-22-18(15)27-4/h5-12,16-17,23H,1-4H3,(H,24,26). The molecule has 1 amide bonds. The minimum atomic E-state index is -0.888. The van der Waals surface area contributed by atoms with Crippen LogP contribution in [0.1, 0.15) is 32.4 Å². The highest BCUT2D eigenvalue weighted by atomic mass is 79.9. The summed E-state index contributed by atoms with van der Waals surface area (Å²) >= 11 is 3.38. The zero-order valence-electron chi connectivity index (χ0n) is 16.2. The number of pyridine rings is 1. The van der Waals surface area contributed by atoms with Crippen molar-refractivity contribution >= 4 is 34.0 Å². The quantitative estimate of drug-likeness (QED) is 0.618. The largest absolute Gasteiger partial charge is 0.480 e. The van der Waals surface area contributed by atoms with Crippen molar-refractivity contribution in [3.63, 3.8) is 0 Å². The van der Waals surface area contributed by atoms with Crippen LogP contribution in [-0.4, -0.2) is 36.1 Å². The number of benzene rings is 1. The van der Waals surface area contributed by atoms with Gasteiger partial charge in [-0.1, -0.05) is 30.3 Å². The van der Waals surface area contributed by atoms with Crippen molar-refractivity contribution < 1.29 is 19.1 Å². The Morgan fingerprint density at radius 1 is 1.25 bits per heavy atom. The van der Waals surface area contributed by atoms with E-state index in [2.05, 4.69) is 31.5 Å². The van der Waals surface area contributed by atoms with Gasteiger partial charge in [0.1, 0.15) is 17.9 Å². The molecule has 0 fully saturated rings. The molecule has 2 unspecified atom stereocenters. The summed E-state index contributed by atoms with van der Waals surface area (Å²) in [4.78, 5) is 28.3. The average molecular weight is 450 g/mol. The third-order valence-corrected chi connectivity index (χ3v) is 4.10. The minimum Gasteiger partial charge on any atom is -0.480 e. The molecule has 2 rings (SSSR count). The molecule has 8 heteroatoms. The lowest BCUT2D eigenvalue weighted by molar-refractivity contribution is -0.110. The number of carbonyl (C=O) groups excluding carboxylic acids is 2. The normalized spacial score (nSPS) is 13.2. The van der Waals surface area contributed by atoms with Crippen LogP contribution in [0.3, 0.4) is 0 Å². The Hall–Kier alpha value is -2.61. The number of halogens is 1. The Balaban J connectivity index is 2.35. The molecular weight excluding hydrogens is 426 g/mol. The Kier molecular flexibility index (Phi) is 7.39. The second-order valence-corrected chi connectivity index (χ2v) is 7.97. The van der Waals surface area contributed by atoms with Gasteiger partial charge in [-0.3, -0.25) is 0 Å². The van der Waals surface area contributed by atoms with E-state index in [-0.39, 0.29) is 0 Å². The number of aldehydes is 1. The summed E-state index contributed by atoms with van der Waals surface area (Å²) in [6, 6.07) is 9.64. The molecule has 0 aliphatic heterocycles. The van der Waals surface area contributed by atoms with Gasteiger partial charge in [0, 0.05) is 10.7 Å². The van der Waals surface area contributed by atoms with E-state index < -0.39 is 23.8 Å². The number of nitrogens with one attached hydrogen (secondary N) is 2. The summed E-state index contributed by atoms with van der Waals surface area (Å²) in [6.45, 7) is 5.27. The lowest BCUT2D eigenvalue weighted by Crippen LogP contribution is -2.45. The highest BCUT2D eigenvalue weighted by Gasteiger charge is 2.28. The molecule has 2 N–H and O–H groups in total. The molecule has 0 saturated carbocycles. The van der Waals surface area contributed by atoms with E-state index in [9.17, 15) is 9.59 Å². The Morgan fingerprint density at radius 3 is 2.50 bits per heavy atom. The maximum atomic E-state index is 12.2. The first-order valence-corrected chi connectivity index (χ1v) is 9.48. The van der Waals surface area contributed by atoms with Gasteiger partial charge in [0.25, 0.3) is 0 Å². The van der Waals surface area contributed by atoms with E-state index in [0.29, 0.717) is 17.9 Å². The third-order valence-electron chi connectivity index (χ3n) is 3.67. The van der Waals surface area contributed by atoms with Crippen LogP contribution in [0.2, 0.25) is 0 Å². The Labute approximate surface area is 173 Å². The van der Waals surface area contributed by atoms with Crippen molar-refractivity contribution in [3.05, 3.63) is 52.6 Å². The molecule has 1 heterocycles. The fourth-order valence-electron chi connectivity index (χ4n) is 2.54. The van der Waals surface area contributed by atoms with Crippen molar-refractivity contribution in [2.24, 2.45) is 0 Å². The van der Waals surface area contributed by atoms with E-state index in [1.165, 1.54) is 7.11 Å². The molecule has 28 heavy (non-hydrogen) atoms. The van der Waals surface area contributed by atoms with E-state index in [1.54, 1.807) is 33.0 Å². The van der Waals surface area contributed by atoms with Crippen molar-refractivity contribution in [1.29, 1.82) is 0 Å². The number of hydrogen-bond acceptors (Lipinski definition) is 6. The topological polar surface area (TPSA) is 89.5 Å². The molecule has 0 aliphatic carbocycles. The Morgan fingerprint density at radius 2 is 1.93 bits per heavy atom. The zero-order chi connectivity index (χ0) is 20.7. The first-order valence-electron chi connectivity index (χ1n) is 8.69. The van der Waals surface area contributed by atoms with Gasteiger partial charge in [-0.25, -0.2) is 9.78 Å². The van der Waals surface area contributed by atoms with Gasteiger partial charge >= 0.3 is 6.09 Å². The van der Waals surface area contributed by atoms with Crippen LogP contribution in [0.15, 0.2) is 47.1 Å². The molecule has 0 bridgehead atoms. The fourth-order valence-corrected chi connectivity index (χ4v) is 2.87. The number of amides is 1. The summed E-state index contributed by atoms with van der Waals surface area (Å²) in [6.07, 6.45) is 1.61. The van der Waals surface area contributed by atoms with Gasteiger partial charge in [-0.15, -0.1) is 0 Å². The average Bonchev–Trinajstić information content (AvgIpc) is 2.64. The Bertz CT molecular complexity index is 809. The molecule has 150 valence electrons. The number of alkyl carbamates (subject to hydrolysis) is 1. The van der Waals surface area contributed by atoms with E-state index in [1.807, 2.05) is 30.3 Å². The second-order valence-electron chi connectivity index (χ2n) is 7.05. The maximum Gasteiger partial charge on any atom is 0.408 e. The molecule has 1 aromatic heterocycles. The summed E-state index contributed by atoms with van der Waals surface area (Å²) in [5, 5.41) is 5.89. The van der Waals surface area contributed by atoms with Gasteiger partial charge in [-0.2, -0.15) is 0 Å². The van der Waals surface area contributed by atoms with Gasteiger partial charge in [0.2, 0.25) is 5.88 Å². The highest BCUT2D eigenvalue weighted by molar-refractivity contribution is 9.10. The number of ether oxygens (including phenoxy) is 2. The molecule has 0 radical (unpaired) electrons. The highest BCUT2D eigenvalue weighted by Crippen LogP contribution is 2.30. The second kappa shape index (κ2) is 9.54. The van der Waals surface area contributed by atoms with Crippen LogP contribution in [0.4, 0.5) is 10.5 Å². The predicted octanol–water partition coefficient (Wildman–Crippen LogP) is 4.10. The lowest BCUT2D eigenvalue weighted by Gasteiger charge is -2.28. The molecule has 7 nitrogen and oxygen atoms in total. The van der Waals surface area contributed by atoms with Gasteiger partial charge in [0.15, 0.2) is 0 Å². The zero-order valence-corrected chi connectivity index (χ0v) is 17.8. The van der Waals surface area contributed by atoms with Gasteiger partial charge < -0.3 is 24.9 Å². The number of carbonyl (C=O) groups is 2.